The number of benzene rings is 2. The van der Waals surface area contributed by atoms with Crippen LogP contribution in [0.3, 0.4) is 0 Å². The molecular formula is C20H22Cl3NO. The van der Waals surface area contributed by atoms with Gasteiger partial charge in [-0.05, 0) is 61.1 Å². The molecule has 25 heavy (non-hydrogen) atoms. The van der Waals surface area contributed by atoms with Gasteiger partial charge in [-0.2, -0.15) is 0 Å². The molecule has 0 aromatic heterocycles. The molecule has 2 fully saturated rings. The lowest BCUT2D eigenvalue weighted by molar-refractivity contribution is -0.0181. The minimum Gasteiger partial charge on any atom is -0.365 e. The summed E-state index contributed by atoms with van der Waals surface area (Å²) in [6.45, 7) is 0. The fraction of sp³-hybridized carbons (Fsp3) is 0.400. The van der Waals surface area contributed by atoms with E-state index in [2.05, 4.69) is 29.6 Å². The van der Waals surface area contributed by atoms with Gasteiger partial charge >= 0.3 is 0 Å². The zero-order chi connectivity index (χ0) is 16.5. The Morgan fingerprint density at radius 2 is 1.24 bits per heavy atom. The number of halogens is 3. The summed E-state index contributed by atoms with van der Waals surface area (Å²) in [5.41, 5.74) is 2.26. The predicted molar refractivity (Wildman–Crippen MR) is 106 cm³/mol. The van der Waals surface area contributed by atoms with E-state index in [-0.39, 0.29) is 18.5 Å². The number of ether oxygens (including phenoxy) is 1. The van der Waals surface area contributed by atoms with Crippen molar-refractivity contribution >= 4 is 35.6 Å². The summed E-state index contributed by atoms with van der Waals surface area (Å²) < 4.78 is 6.60. The minimum absolute atomic E-state index is 0. The molecule has 0 spiro atoms. The van der Waals surface area contributed by atoms with E-state index in [0.717, 1.165) is 34.0 Å². The fourth-order valence-electron chi connectivity index (χ4n) is 3.93. The maximum absolute atomic E-state index is 6.60. The smallest absolute Gasteiger partial charge is 0.108 e. The summed E-state index contributed by atoms with van der Waals surface area (Å²) in [7, 11) is 0. The molecular weight excluding hydrogens is 377 g/mol. The van der Waals surface area contributed by atoms with E-state index in [4.69, 9.17) is 27.9 Å². The Balaban J connectivity index is 0.00000182. The highest BCUT2D eigenvalue weighted by molar-refractivity contribution is 6.30. The largest absolute Gasteiger partial charge is 0.365 e. The lowest BCUT2D eigenvalue weighted by Crippen LogP contribution is -2.41. The normalized spacial score (nSPS) is 25.0. The number of piperidine rings is 1. The number of hydrogen-bond donors (Lipinski definition) is 1. The third-order valence-corrected chi connectivity index (χ3v) is 5.61. The van der Waals surface area contributed by atoms with Gasteiger partial charge in [-0.15, -0.1) is 12.4 Å². The Kier molecular flexibility index (Phi) is 6.30. The van der Waals surface area contributed by atoms with E-state index in [9.17, 15) is 0 Å². The number of nitrogens with one attached hydrogen (secondary N) is 1. The maximum Gasteiger partial charge on any atom is 0.108 e. The van der Waals surface area contributed by atoms with Gasteiger partial charge in [-0.25, -0.2) is 0 Å². The lowest BCUT2D eigenvalue weighted by atomic mass is 9.98. The van der Waals surface area contributed by atoms with Crippen LogP contribution in [0.1, 0.15) is 42.9 Å². The highest BCUT2D eigenvalue weighted by atomic mass is 35.5. The van der Waals surface area contributed by atoms with Crippen molar-refractivity contribution in [2.24, 2.45) is 0 Å². The quantitative estimate of drug-likeness (QED) is 0.702. The summed E-state index contributed by atoms with van der Waals surface area (Å²) >= 11 is 12.1. The van der Waals surface area contributed by atoms with Crippen molar-refractivity contribution in [3.05, 3.63) is 69.7 Å². The van der Waals surface area contributed by atoms with Crippen LogP contribution in [-0.2, 0) is 4.74 Å². The number of fused-ring (bicyclic) bond motifs is 2. The Morgan fingerprint density at radius 3 is 1.68 bits per heavy atom. The maximum atomic E-state index is 6.60. The molecule has 2 bridgehead atoms. The first kappa shape index (κ1) is 19.0. The van der Waals surface area contributed by atoms with Crippen LogP contribution in [0.15, 0.2) is 48.5 Å². The molecule has 2 aromatic rings. The van der Waals surface area contributed by atoms with Crippen LogP contribution in [0.4, 0.5) is 0 Å². The van der Waals surface area contributed by atoms with Gasteiger partial charge in [-0.1, -0.05) is 47.5 Å². The van der Waals surface area contributed by atoms with Crippen molar-refractivity contribution in [1.29, 1.82) is 0 Å². The van der Waals surface area contributed by atoms with Gasteiger partial charge in [0.15, 0.2) is 0 Å². The second kappa shape index (κ2) is 8.28. The van der Waals surface area contributed by atoms with Crippen LogP contribution in [0.25, 0.3) is 0 Å². The van der Waals surface area contributed by atoms with E-state index in [0.29, 0.717) is 18.2 Å². The van der Waals surface area contributed by atoms with Crippen molar-refractivity contribution in [3.8, 4) is 0 Å². The molecule has 2 unspecified atom stereocenters. The molecule has 2 aromatic carbocycles. The molecule has 134 valence electrons. The molecule has 0 aliphatic carbocycles. The molecule has 2 aliphatic rings. The van der Waals surface area contributed by atoms with Crippen molar-refractivity contribution in [1.82, 2.24) is 5.32 Å². The summed E-state index contributed by atoms with van der Waals surface area (Å²) in [5.74, 6) is 0. The molecule has 0 amide bonds. The fourth-order valence-corrected chi connectivity index (χ4v) is 4.19. The molecule has 0 radical (unpaired) electrons. The molecule has 2 aliphatic heterocycles. The van der Waals surface area contributed by atoms with Crippen LogP contribution in [0.2, 0.25) is 10.0 Å². The number of rotatable bonds is 4. The van der Waals surface area contributed by atoms with E-state index in [1.54, 1.807) is 0 Å². The van der Waals surface area contributed by atoms with Gasteiger partial charge < -0.3 is 10.1 Å². The molecule has 2 atom stereocenters. The Bertz CT molecular complexity index is 632. The van der Waals surface area contributed by atoms with E-state index in [1.807, 2.05) is 24.3 Å². The first-order valence-corrected chi connectivity index (χ1v) is 9.35. The van der Waals surface area contributed by atoms with E-state index < -0.39 is 0 Å². The van der Waals surface area contributed by atoms with Crippen molar-refractivity contribution in [2.45, 2.75) is 50.0 Å². The van der Waals surface area contributed by atoms with Crippen LogP contribution in [-0.4, -0.2) is 18.2 Å². The first-order valence-electron chi connectivity index (χ1n) is 8.60. The molecule has 1 N–H and O–H groups in total. The lowest BCUT2D eigenvalue weighted by Gasteiger charge is -2.32. The van der Waals surface area contributed by atoms with E-state index >= 15 is 0 Å². The van der Waals surface area contributed by atoms with Gasteiger partial charge in [0.1, 0.15) is 6.10 Å². The highest BCUT2D eigenvalue weighted by Gasteiger charge is 2.35. The van der Waals surface area contributed by atoms with E-state index in [1.165, 1.54) is 12.8 Å². The number of hydrogen-bond acceptors (Lipinski definition) is 2. The summed E-state index contributed by atoms with van der Waals surface area (Å²) in [6.07, 6.45) is 4.94. The van der Waals surface area contributed by atoms with Gasteiger partial charge in [0, 0.05) is 22.1 Å². The zero-order valence-corrected chi connectivity index (χ0v) is 16.2. The standard InChI is InChI=1S/C20H21Cl2NO.ClH/c21-15-5-1-13(2-6-15)20(14-3-7-16(22)8-4-14)24-19-11-17-9-10-18(12-19)23-17;/h1-8,17-20,23H,9-12H2;1H. The van der Waals surface area contributed by atoms with Crippen molar-refractivity contribution in [2.75, 3.05) is 0 Å². The Morgan fingerprint density at radius 1 is 0.800 bits per heavy atom. The molecule has 5 heteroatoms. The Labute approximate surface area is 165 Å². The summed E-state index contributed by atoms with van der Waals surface area (Å²) in [4.78, 5) is 0. The minimum atomic E-state index is -0.0815. The molecule has 2 saturated heterocycles. The van der Waals surface area contributed by atoms with Crippen LogP contribution in [0.5, 0.6) is 0 Å². The average Bonchev–Trinajstić information content (AvgIpc) is 2.93. The summed E-state index contributed by atoms with van der Waals surface area (Å²) in [5, 5.41) is 5.16. The third-order valence-electron chi connectivity index (χ3n) is 5.10. The highest BCUT2D eigenvalue weighted by Crippen LogP contribution is 2.35. The topological polar surface area (TPSA) is 21.3 Å². The van der Waals surface area contributed by atoms with Crippen molar-refractivity contribution in [3.63, 3.8) is 0 Å². The second-order valence-corrected chi connectivity index (χ2v) is 7.72. The SMILES string of the molecule is Cl.Clc1ccc(C(OC2CC3CCC(C2)N3)c2ccc(Cl)cc2)cc1. The van der Waals surface area contributed by atoms with Crippen LogP contribution < -0.4 is 5.32 Å². The van der Waals surface area contributed by atoms with Gasteiger partial charge in [-0.3, -0.25) is 0 Å². The zero-order valence-electron chi connectivity index (χ0n) is 13.8. The second-order valence-electron chi connectivity index (χ2n) is 6.85. The van der Waals surface area contributed by atoms with Gasteiger partial charge in [0.25, 0.3) is 0 Å². The van der Waals surface area contributed by atoms with Gasteiger partial charge in [0.2, 0.25) is 0 Å². The molecule has 2 nitrogen and oxygen atoms in total. The molecule has 0 saturated carbocycles. The van der Waals surface area contributed by atoms with Crippen LogP contribution in [0, 0.1) is 0 Å². The van der Waals surface area contributed by atoms with Crippen molar-refractivity contribution < 1.29 is 4.74 Å². The third kappa shape index (κ3) is 4.50. The first-order chi connectivity index (χ1) is 11.7. The summed E-state index contributed by atoms with van der Waals surface area (Å²) in [6, 6.07) is 17.1. The van der Waals surface area contributed by atoms with Crippen LogP contribution >= 0.6 is 35.6 Å². The Hall–Kier alpha value is -0.770. The average molecular weight is 399 g/mol. The predicted octanol–water partition coefficient (Wildman–Crippen LogP) is 5.80. The van der Waals surface area contributed by atoms with Gasteiger partial charge in [0.05, 0.1) is 6.10 Å². The molecule has 4 rings (SSSR count). The monoisotopic (exact) mass is 397 g/mol. The molecule has 2 heterocycles.